The number of carbonyl (C=O) groups excluding carboxylic acids is 2. The average molecular weight is 459 g/mol. The highest BCUT2D eigenvalue weighted by Crippen LogP contribution is 2.22. The van der Waals surface area contributed by atoms with Gasteiger partial charge in [0, 0.05) is 24.0 Å². The second-order valence-electron chi connectivity index (χ2n) is 7.41. The van der Waals surface area contributed by atoms with Gasteiger partial charge in [-0.2, -0.15) is 0 Å². The number of anilines is 1. The minimum Gasteiger partial charge on any atom is -0.454 e. The van der Waals surface area contributed by atoms with Gasteiger partial charge in [-0.3, -0.25) is 9.52 Å². The van der Waals surface area contributed by atoms with Gasteiger partial charge >= 0.3 is 5.97 Å². The van der Waals surface area contributed by atoms with E-state index in [0.29, 0.717) is 5.56 Å². The molecule has 32 heavy (non-hydrogen) atoms. The van der Waals surface area contributed by atoms with Crippen molar-refractivity contribution in [2.45, 2.75) is 25.7 Å². The molecule has 168 valence electrons. The summed E-state index contributed by atoms with van der Waals surface area (Å²) in [6, 6.07) is 11.0. The van der Waals surface area contributed by atoms with Crippen molar-refractivity contribution in [2.75, 3.05) is 11.3 Å². The van der Waals surface area contributed by atoms with Gasteiger partial charge in [0.25, 0.3) is 10.0 Å². The van der Waals surface area contributed by atoms with Gasteiger partial charge in [0.05, 0.1) is 16.1 Å². The third kappa shape index (κ3) is 4.72. The fourth-order valence-electron chi connectivity index (χ4n) is 3.16. The number of esters is 1. The van der Waals surface area contributed by atoms with Crippen molar-refractivity contribution in [3.8, 4) is 0 Å². The number of halogens is 1. The fraction of sp³-hybridized carbons (Fsp3) is 0.217. The smallest absolute Gasteiger partial charge is 0.340 e. The number of nitrogens with one attached hydrogen (secondary N) is 1. The summed E-state index contributed by atoms with van der Waals surface area (Å²) in [5.41, 5.74) is 2.21. The number of ketones is 1. The number of ether oxygens (including phenoxy) is 1. The summed E-state index contributed by atoms with van der Waals surface area (Å²) in [6.45, 7) is 4.62. The quantitative estimate of drug-likeness (QED) is 0.428. The van der Waals surface area contributed by atoms with Gasteiger partial charge in [-0.1, -0.05) is 12.1 Å². The van der Waals surface area contributed by atoms with Crippen LogP contribution in [0.4, 0.5) is 10.1 Å². The number of aryl methyl sites for hydroxylation is 2. The molecule has 0 amide bonds. The van der Waals surface area contributed by atoms with E-state index in [-0.39, 0.29) is 27.5 Å². The zero-order chi connectivity index (χ0) is 23.6. The van der Waals surface area contributed by atoms with E-state index >= 15 is 0 Å². The Balaban J connectivity index is 1.78. The number of aromatic nitrogens is 1. The molecule has 1 heterocycles. The number of nitrogens with zero attached hydrogens (tertiary/aromatic N) is 1. The molecule has 0 saturated heterocycles. The van der Waals surface area contributed by atoms with Gasteiger partial charge in [0.1, 0.15) is 5.82 Å². The number of sulfonamides is 1. The van der Waals surface area contributed by atoms with Crippen LogP contribution >= 0.6 is 0 Å². The van der Waals surface area contributed by atoms with Crippen LogP contribution in [0.1, 0.15) is 37.7 Å². The van der Waals surface area contributed by atoms with Crippen LogP contribution in [0, 0.1) is 26.6 Å². The highest BCUT2D eigenvalue weighted by Gasteiger charge is 2.22. The van der Waals surface area contributed by atoms with E-state index in [4.69, 9.17) is 4.74 Å². The van der Waals surface area contributed by atoms with Crippen LogP contribution in [-0.4, -0.2) is 31.3 Å². The van der Waals surface area contributed by atoms with Gasteiger partial charge in [-0.15, -0.1) is 0 Å². The molecule has 0 unspecified atom stereocenters. The average Bonchev–Trinajstić information content (AvgIpc) is 3.01. The first-order valence-corrected chi connectivity index (χ1v) is 11.2. The molecule has 3 rings (SSSR count). The second kappa shape index (κ2) is 8.96. The van der Waals surface area contributed by atoms with Crippen LogP contribution in [-0.2, 0) is 21.8 Å². The fourth-order valence-corrected chi connectivity index (χ4v) is 4.33. The monoisotopic (exact) mass is 458 g/mol. The number of benzene rings is 2. The van der Waals surface area contributed by atoms with Crippen molar-refractivity contribution in [3.63, 3.8) is 0 Å². The Morgan fingerprint density at radius 1 is 1.03 bits per heavy atom. The molecule has 0 spiro atoms. The Bertz CT molecular complexity index is 1310. The molecule has 0 bridgehead atoms. The molecule has 1 N–H and O–H groups in total. The Hall–Kier alpha value is -3.46. The third-order valence-corrected chi connectivity index (χ3v) is 6.60. The predicted octanol–water partition coefficient (Wildman–Crippen LogP) is 3.93. The molecular formula is C23H23FN2O5S. The van der Waals surface area contributed by atoms with Crippen molar-refractivity contribution >= 4 is 27.5 Å². The van der Waals surface area contributed by atoms with Crippen molar-refractivity contribution < 1.29 is 27.1 Å². The summed E-state index contributed by atoms with van der Waals surface area (Å²) < 4.78 is 48.3. The lowest BCUT2D eigenvalue weighted by Crippen LogP contribution is -2.19. The van der Waals surface area contributed by atoms with Crippen molar-refractivity contribution in [3.05, 3.63) is 82.4 Å². The van der Waals surface area contributed by atoms with E-state index in [2.05, 4.69) is 4.72 Å². The Morgan fingerprint density at radius 3 is 2.34 bits per heavy atom. The highest BCUT2D eigenvalue weighted by atomic mass is 32.2. The molecule has 0 radical (unpaired) electrons. The van der Waals surface area contributed by atoms with Crippen LogP contribution in [0.15, 0.2) is 53.4 Å². The minimum atomic E-state index is -4.08. The maximum absolute atomic E-state index is 13.5. The van der Waals surface area contributed by atoms with Crippen molar-refractivity contribution in [1.82, 2.24) is 4.57 Å². The number of rotatable bonds is 7. The van der Waals surface area contributed by atoms with E-state index < -0.39 is 28.4 Å². The second-order valence-corrected chi connectivity index (χ2v) is 9.09. The van der Waals surface area contributed by atoms with E-state index in [9.17, 15) is 22.4 Å². The van der Waals surface area contributed by atoms with Gasteiger partial charge in [-0.05, 0) is 62.7 Å². The maximum atomic E-state index is 13.5. The molecule has 9 heteroatoms. The molecule has 2 aromatic carbocycles. The molecule has 0 fully saturated rings. The number of Topliss-reactive ketones (excluding diaryl/α,β-unsaturated/α-hetero) is 1. The molecule has 7 nitrogen and oxygen atoms in total. The van der Waals surface area contributed by atoms with E-state index in [1.165, 1.54) is 25.1 Å². The third-order valence-electron chi connectivity index (χ3n) is 5.24. The topological polar surface area (TPSA) is 94.5 Å². The standard InChI is InChI=1S/C23H23FN2O5S/c1-14-11-17(9-10-20(14)24)32(29,30)25-21-8-6-5-7-18(21)23(28)31-13-22(27)19-12-15(2)26(4)16(19)3/h5-12,25H,13H2,1-4H3. The SMILES string of the molecule is Cc1cc(S(=O)(=O)Nc2ccccc2C(=O)OCC(=O)c2cc(C)n(C)c2C)ccc1F. The predicted molar refractivity (Wildman–Crippen MR) is 118 cm³/mol. The molecule has 0 saturated carbocycles. The van der Waals surface area contributed by atoms with Gasteiger partial charge < -0.3 is 9.30 Å². The number of hydrogen-bond donors (Lipinski definition) is 1. The number of para-hydroxylation sites is 1. The summed E-state index contributed by atoms with van der Waals surface area (Å²) in [7, 11) is -2.25. The molecule has 0 aliphatic carbocycles. The molecule has 0 aliphatic rings. The Kier molecular flexibility index (Phi) is 6.50. The first-order chi connectivity index (χ1) is 15.0. The normalized spacial score (nSPS) is 11.3. The summed E-state index contributed by atoms with van der Waals surface area (Å²) >= 11 is 0. The van der Waals surface area contributed by atoms with Crippen LogP contribution < -0.4 is 4.72 Å². The highest BCUT2D eigenvalue weighted by molar-refractivity contribution is 7.92. The zero-order valence-corrected chi connectivity index (χ0v) is 18.9. The Morgan fingerprint density at radius 2 is 1.72 bits per heavy atom. The summed E-state index contributed by atoms with van der Waals surface area (Å²) in [5, 5.41) is 0. The van der Waals surface area contributed by atoms with Crippen LogP contribution in [0.5, 0.6) is 0 Å². The van der Waals surface area contributed by atoms with E-state index in [0.717, 1.165) is 23.5 Å². The Labute approximate surface area is 185 Å². The van der Waals surface area contributed by atoms with Crippen LogP contribution in [0.25, 0.3) is 0 Å². The number of hydrogen-bond acceptors (Lipinski definition) is 5. The van der Waals surface area contributed by atoms with Crippen LogP contribution in [0.2, 0.25) is 0 Å². The van der Waals surface area contributed by atoms with Gasteiger partial charge in [-0.25, -0.2) is 17.6 Å². The minimum absolute atomic E-state index is 0.0151. The largest absolute Gasteiger partial charge is 0.454 e. The lowest BCUT2D eigenvalue weighted by atomic mass is 10.1. The van der Waals surface area contributed by atoms with E-state index in [1.54, 1.807) is 25.1 Å². The summed E-state index contributed by atoms with van der Waals surface area (Å²) in [5.74, 6) is -1.74. The van der Waals surface area contributed by atoms with E-state index in [1.807, 2.05) is 18.5 Å². The lowest BCUT2D eigenvalue weighted by molar-refractivity contribution is 0.0475. The molecule has 1 aromatic heterocycles. The van der Waals surface area contributed by atoms with Crippen LogP contribution in [0.3, 0.4) is 0 Å². The molecule has 3 aromatic rings. The molecular weight excluding hydrogens is 435 g/mol. The molecule has 0 atom stereocenters. The zero-order valence-electron chi connectivity index (χ0n) is 18.1. The van der Waals surface area contributed by atoms with Crippen molar-refractivity contribution in [2.24, 2.45) is 7.05 Å². The van der Waals surface area contributed by atoms with Gasteiger partial charge in [0.2, 0.25) is 5.78 Å². The maximum Gasteiger partial charge on any atom is 0.340 e. The first kappa shape index (κ1) is 23.2. The van der Waals surface area contributed by atoms with Gasteiger partial charge in [0.15, 0.2) is 6.61 Å². The molecule has 0 aliphatic heterocycles. The lowest BCUT2D eigenvalue weighted by Gasteiger charge is -2.13. The number of carbonyl (C=O) groups is 2. The van der Waals surface area contributed by atoms with Crippen molar-refractivity contribution in [1.29, 1.82) is 0 Å². The summed E-state index contributed by atoms with van der Waals surface area (Å²) in [6.07, 6.45) is 0. The summed E-state index contributed by atoms with van der Waals surface area (Å²) in [4.78, 5) is 25.0. The first-order valence-electron chi connectivity index (χ1n) is 9.72.